The average molecular weight is 263 g/mol. The molecule has 0 aliphatic heterocycles. The number of carbonyl (C=O) groups is 1. The Morgan fingerprint density at radius 3 is 2.47 bits per heavy atom. The third-order valence-corrected chi connectivity index (χ3v) is 3.93. The summed E-state index contributed by atoms with van der Waals surface area (Å²) < 4.78 is 0. The van der Waals surface area contributed by atoms with Crippen LogP contribution in [0.4, 0.5) is 0 Å². The van der Waals surface area contributed by atoms with Gasteiger partial charge in [0.25, 0.3) is 5.91 Å². The minimum absolute atomic E-state index is 0.157. The van der Waals surface area contributed by atoms with Gasteiger partial charge in [-0.05, 0) is 32.6 Å². The Balaban J connectivity index is 2.24. The van der Waals surface area contributed by atoms with Crippen molar-refractivity contribution < 1.29 is 4.79 Å². The summed E-state index contributed by atoms with van der Waals surface area (Å²) in [4.78, 5) is 14.9. The van der Waals surface area contributed by atoms with Crippen LogP contribution in [-0.2, 0) is 0 Å². The average Bonchev–Trinajstić information content (AvgIpc) is 2.96. The zero-order valence-corrected chi connectivity index (χ0v) is 12.5. The standard InChI is InChI=1S/C15H25N3O/c1-10(2)9-18(13-7-5-6-8-13)15(19)14-11(3)16-17-12(14)4/h10,13H,5-9H2,1-4H3,(H,16,17). The molecule has 1 saturated carbocycles. The van der Waals surface area contributed by atoms with Gasteiger partial charge in [-0.15, -0.1) is 0 Å². The van der Waals surface area contributed by atoms with Gasteiger partial charge in [-0.25, -0.2) is 0 Å². The number of nitrogens with one attached hydrogen (secondary N) is 1. The zero-order chi connectivity index (χ0) is 14.0. The fraction of sp³-hybridized carbons (Fsp3) is 0.733. The van der Waals surface area contributed by atoms with Crippen molar-refractivity contribution in [2.75, 3.05) is 6.54 Å². The molecular formula is C15H25N3O. The molecule has 0 aromatic carbocycles. The topological polar surface area (TPSA) is 49.0 Å². The summed E-state index contributed by atoms with van der Waals surface area (Å²) in [5, 5.41) is 7.07. The van der Waals surface area contributed by atoms with Gasteiger partial charge in [0.05, 0.1) is 11.3 Å². The third-order valence-electron chi connectivity index (χ3n) is 3.93. The summed E-state index contributed by atoms with van der Waals surface area (Å²) in [7, 11) is 0. The molecule has 0 bridgehead atoms. The molecule has 0 radical (unpaired) electrons. The fourth-order valence-electron chi connectivity index (χ4n) is 3.02. The Hall–Kier alpha value is -1.32. The first-order valence-corrected chi connectivity index (χ1v) is 7.33. The van der Waals surface area contributed by atoms with Crippen molar-refractivity contribution in [1.29, 1.82) is 0 Å². The quantitative estimate of drug-likeness (QED) is 0.907. The maximum absolute atomic E-state index is 12.8. The van der Waals surface area contributed by atoms with E-state index >= 15 is 0 Å². The molecule has 1 aromatic heterocycles. The van der Waals surface area contributed by atoms with E-state index in [1.807, 2.05) is 13.8 Å². The molecule has 1 amide bonds. The number of carbonyl (C=O) groups excluding carboxylic acids is 1. The number of hydrogen-bond acceptors (Lipinski definition) is 2. The molecule has 1 N–H and O–H groups in total. The molecule has 19 heavy (non-hydrogen) atoms. The summed E-state index contributed by atoms with van der Waals surface area (Å²) in [6.45, 7) is 9.01. The molecule has 4 heteroatoms. The van der Waals surface area contributed by atoms with Gasteiger partial charge in [0.15, 0.2) is 0 Å². The van der Waals surface area contributed by atoms with E-state index in [1.165, 1.54) is 12.8 Å². The summed E-state index contributed by atoms with van der Waals surface area (Å²) in [5.41, 5.74) is 2.47. The Bertz CT molecular complexity index is 425. The van der Waals surface area contributed by atoms with E-state index in [4.69, 9.17) is 0 Å². The first-order valence-electron chi connectivity index (χ1n) is 7.33. The molecule has 0 unspecified atom stereocenters. The van der Waals surface area contributed by atoms with E-state index in [9.17, 15) is 4.79 Å². The maximum atomic E-state index is 12.8. The molecule has 1 aliphatic rings. The molecule has 1 heterocycles. The van der Waals surface area contributed by atoms with Gasteiger partial charge in [0, 0.05) is 18.3 Å². The predicted octanol–water partition coefficient (Wildman–Crippen LogP) is 3.07. The SMILES string of the molecule is Cc1n[nH]c(C)c1C(=O)N(CC(C)C)C1CCCC1. The van der Waals surface area contributed by atoms with Crippen molar-refractivity contribution in [3.63, 3.8) is 0 Å². The fourth-order valence-corrected chi connectivity index (χ4v) is 3.02. The van der Waals surface area contributed by atoms with Gasteiger partial charge < -0.3 is 4.90 Å². The number of aryl methyl sites for hydroxylation is 2. The Kier molecular flexibility index (Phi) is 4.27. The first kappa shape index (κ1) is 14.1. The van der Waals surface area contributed by atoms with E-state index < -0.39 is 0 Å². The highest BCUT2D eigenvalue weighted by Crippen LogP contribution is 2.26. The van der Waals surface area contributed by atoms with Gasteiger partial charge in [0.2, 0.25) is 0 Å². The highest BCUT2D eigenvalue weighted by Gasteiger charge is 2.30. The first-order chi connectivity index (χ1) is 9.00. The second-order valence-corrected chi connectivity index (χ2v) is 6.10. The number of aromatic amines is 1. The summed E-state index contributed by atoms with van der Waals surface area (Å²) in [6.07, 6.45) is 4.79. The van der Waals surface area contributed by atoms with Crippen LogP contribution in [0.5, 0.6) is 0 Å². The van der Waals surface area contributed by atoms with E-state index in [2.05, 4.69) is 28.9 Å². The lowest BCUT2D eigenvalue weighted by molar-refractivity contribution is 0.0654. The Labute approximate surface area is 115 Å². The maximum Gasteiger partial charge on any atom is 0.257 e. The molecule has 2 rings (SSSR count). The lowest BCUT2D eigenvalue weighted by Crippen LogP contribution is -2.41. The normalized spacial score (nSPS) is 16.3. The monoisotopic (exact) mass is 263 g/mol. The minimum Gasteiger partial charge on any atom is -0.335 e. The van der Waals surface area contributed by atoms with Gasteiger partial charge in [-0.2, -0.15) is 5.10 Å². The van der Waals surface area contributed by atoms with Crippen molar-refractivity contribution in [2.45, 2.75) is 59.4 Å². The number of nitrogens with zero attached hydrogens (tertiary/aromatic N) is 2. The molecule has 4 nitrogen and oxygen atoms in total. The van der Waals surface area contributed by atoms with Gasteiger partial charge >= 0.3 is 0 Å². The van der Waals surface area contributed by atoms with E-state index in [1.54, 1.807) is 0 Å². The van der Waals surface area contributed by atoms with Crippen LogP contribution in [-0.4, -0.2) is 33.6 Å². The highest BCUT2D eigenvalue weighted by atomic mass is 16.2. The smallest absolute Gasteiger partial charge is 0.257 e. The number of aromatic nitrogens is 2. The van der Waals surface area contributed by atoms with Crippen LogP contribution in [0, 0.1) is 19.8 Å². The number of amides is 1. The second kappa shape index (κ2) is 5.76. The molecule has 1 aliphatic carbocycles. The van der Waals surface area contributed by atoms with E-state index in [-0.39, 0.29) is 5.91 Å². The number of H-pyrrole nitrogens is 1. The van der Waals surface area contributed by atoms with Crippen LogP contribution in [0.2, 0.25) is 0 Å². The number of rotatable bonds is 4. The minimum atomic E-state index is 0.157. The second-order valence-electron chi connectivity index (χ2n) is 6.10. The summed E-state index contributed by atoms with van der Waals surface area (Å²) in [5.74, 6) is 0.654. The van der Waals surface area contributed by atoms with Gasteiger partial charge in [-0.3, -0.25) is 9.89 Å². The largest absolute Gasteiger partial charge is 0.335 e. The summed E-state index contributed by atoms with van der Waals surface area (Å²) in [6, 6.07) is 0.420. The van der Waals surface area contributed by atoms with Crippen LogP contribution in [0.3, 0.4) is 0 Å². The Morgan fingerprint density at radius 2 is 2.00 bits per heavy atom. The lowest BCUT2D eigenvalue weighted by atomic mass is 10.1. The van der Waals surface area contributed by atoms with Crippen LogP contribution in [0.15, 0.2) is 0 Å². The van der Waals surface area contributed by atoms with Gasteiger partial charge in [-0.1, -0.05) is 26.7 Å². The van der Waals surface area contributed by atoms with Crippen LogP contribution in [0.25, 0.3) is 0 Å². The highest BCUT2D eigenvalue weighted by molar-refractivity contribution is 5.96. The molecule has 1 aromatic rings. The van der Waals surface area contributed by atoms with E-state index in [0.29, 0.717) is 12.0 Å². The van der Waals surface area contributed by atoms with Gasteiger partial charge in [0.1, 0.15) is 0 Å². The molecule has 1 fully saturated rings. The zero-order valence-electron chi connectivity index (χ0n) is 12.5. The molecule has 0 atom stereocenters. The summed E-state index contributed by atoms with van der Waals surface area (Å²) >= 11 is 0. The van der Waals surface area contributed by atoms with E-state index in [0.717, 1.165) is 36.3 Å². The molecule has 0 saturated heterocycles. The van der Waals surface area contributed by atoms with Crippen molar-refractivity contribution in [2.24, 2.45) is 5.92 Å². The molecular weight excluding hydrogens is 238 g/mol. The lowest BCUT2D eigenvalue weighted by Gasteiger charge is -2.30. The van der Waals surface area contributed by atoms with Crippen molar-refractivity contribution in [3.8, 4) is 0 Å². The van der Waals surface area contributed by atoms with Crippen molar-refractivity contribution in [1.82, 2.24) is 15.1 Å². The van der Waals surface area contributed by atoms with Crippen molar-refractivity contribution in [3.05, 3.63) is 17.0 Å². The molecule has 0 spiro atoms. The van der Waals surface area contributed by atoms with Crippen LogP contribution in [0.1, 0.15) is 61.3 Å². The van der Waals surface area contributed by atoms with Crippen molar-refractivity contribution >= 4 is 5.91 Å². The predicted molar refractivity (Wildman–Crippen MR) is 76.2 cm³/mol. The van der Waals surface area contributed by atoms with Crippen LogP contribution < -0.4 is 0 Å². The van der Waals surface area contributed by atoms with Crippen LogP contribution >= 0.6 is 0 Å². The Morgan fingerprint density at radius 1 is 1.37 bits per heavy atom. The number of hydrogen-bond donors (Lipinski definition) is 1. The third kappa shape index (κ3) is 2.99. The molecule has 106 valence electrons.